The van der Waals surface area contributed by atoms with Gasteiger partial charge in [0.25, 0.3) is 16.1 Å². The number of nitrogens with zero attached hydrogens (tertiary/aromatic N) is 3. The minimum Gasteiger partial charge on any atom is -0.454 e. The fraction of sp³-hybridized carbons (Fsp3) is 0.632. The Hall–Kier alpha value is -1.84. The highest BCUT2D eigenvalue weighted by atomic mass is 32.2. The number of para-hydroxylation sites is 1. The molecule has 1 saturated heterocycles. The lowest BCUT2D eigenvalue weighted by Gasteiger charge is -2.38. The van der Waals surface area contributed by atoms with Crippen LogP contribution >= 0.6 is 0 Å². The molecule has 28 heavy (non-hydrogen) atoms. The van der Waals surface area contributed by atoms with Gasteiger partial charge in [0, 0.05) is 39.3 Å². The van der Waals surface area contributed by atoms with Crippen molar-refractivity contribution in [1.82, 2.24) is 13.5 Å². The highest BCUT2D eigenvalue weighted by Gasteiger charge is 2.36. The Kier molecular flexibility index (Phi) is 5.48. The Morgan fingerprint density at radius 3 is 2.50 bits per heavy atom. The van der Waals surface area contributed by atoms with Crippen LogP contribution < -0.4 is 9.47 Å². The maximum Gasteiger partial charge on any atom is 0.282 e. The summed E-state index contributed by atoms with van der Waals surface area (Å²) in [5.74, 6) is 0.890. The van der Waals surface area contributed by atoms with Crippen LogP contribution in [0, 0.1) is 0 Å². The number of fused-ring (bicyclic) bond motifs is 1. The van der Waals surface area contributed by atoms with E-state index in [9.17, 15) is 13.2 Å². The molecule has 0 N–H and O–H groups in total. The first-order chi connectivity index (χ1) is 13.5. The fourth-order valence-corrected chi connectivity index (χ4v) is 5.78. The van der Waals surface area contributed by atoms with Crippen molar-refractivity contribution >= 4 is 16.1 Å². The van der Waals surface area contributed by atoms with Gasteiger partial charge in [0.15, 0.2) is 11.5 Å². The third-order valence-electron chi connectivity index (χ3n) is 5.93. The van der Waals surface area contributed by atoms with E-state index in [1.807, 2.05) is 0 Å². The van der Waals surface area contributed by atoms with Crippen LogP contribution in [-0.4, -0.2) is 73.9 Å². The van der Waals surface area contributed by atoms with Gasteiger partial charge in [-0.1, -0.05) is 25.3 Å². The number of benzene rings is 1. The van der Waals surface area contributed by atoms with E-state index in [4.69, 9.17) is 9.47 Å². The third-order valence-corrected chi connectivity index (χ3v) is 7.98. The number of ether oxygens (including phenoxy) is 2. The van der Waals surface area contributed by atoms with Gasteiger partial charge in [-0.25, -0.2) is 0 Å². The van der Waals surface area contributed by atoms with E-state index in [1.54, 1.807) is 34.5 Å². The van der Waals surface area contributed by atoms with Crippen LogP contribution in [0.2, 0.25) is 0 Å². The zero-order valence-electron chi connectivity index (χ0n) is 16.2. The van der Waals surface area contributed by atoms with E-state index in [0.29, 0.717) is 43.2 Å². The molecule has 1 saturated carbocycles. The van der Waals surface area contributed by atoms with E-state index in [2.05, 4.69) is 0 Å². The van der Waals surface area contributed by atoms with Crippen molar-refractivity contribution < 1.29 is 22.7 Å². The first-order valence-corrected chi connectivity index (χ1v) is 11.3. The first-order valence-electron chi connectivity index (χ1n) is 9.89. The van der Waals surface area contributed by atoms with Crippen LogP contribution in [-0.2, 0) is 10.2 Å². The van der Waals surface area contributed by atoms with E-state index >= 15 is 0 Å². The Morgan fingerprint density at radius 2 is 1.79 bits per heavy atom. The zero-order chi connectivity index (χ0) is 19.7. The van der Waals surface area contributed by atoms with Crippen molar-refractivity contribution in [2.45, 2.75) is 38.1 Å². The quantitative estimate of drug-likeness (QED) is 0.756. The normalized spacial score (nSPS) is 21.3. The summed E-state index contributed by atoms with van der Waals surface area (Å²) in [6.07, 6.45) is 5.20. The smallest absolute Gasteiger partial charge is 0.282 e. The summed E-state index contributed by atoms with van der Waals surface area (Å²) in [6.45, 7) is 1.44. The van der Waals surface area contributed by atoms with E-state index in [1.165, 1.54) is 10.7 Å². The van der Waals surface area contributed by atoms with Crippen molar-refractivity contribution in [2.75, 3.05) is 40.0 Å². The summed E-state index contributed by atoms with van der Waals surface area (Å²) < 4.78 is 39.8. The topological polar surface area (TPSA) is 79.4 Å². The molecule has 9 heteroatoms. The minimum atomic E-state index is -3.50. The average molecular weight is 410 g/mol. The minimum absolute atomic E-state index is 0.0856. The molecule has 0 spiro atoms. The molecule has 2 heterocycles. The molecule has 0 unspecified atom stereocenters. The monoisotopic (exact) mass is 409 g/mol. The number of carbonyl (C=O) groups excluding carboxylic acids is 1. The molecule has 1 aliphatic carbocycles. The van der Waals surface area contributed by atoms with Gasteiger partial charge in [-0.3, -0.25) is 4.79 Å². The molecule has 4 rings (SSSR count). The molecule has 0 radical (unpaired) electrons. The molecule has 1 aromatic carbocycles. The van der Waals surface area contributed by atoms with Gasteiger partial charge in [0.05, 0.1) is 5.56 Å². The summed E-state index contributed by atoms with van der Waals surface area (Å²) in [5, 5.41) is 0. The molecular formula is C19H27N3O5S. The highest BCUT2D eigenvalue weighted by Crippen LogP contribution is 2.36. The Bertz CT molecular complexity index is 830. The summed E-state index contributed by atoms with van der Waals surface area (Å²) in [5.41, 5.74) is 0.464. The predicted molar refractivity (Wildman–Crippen MR) is 104 cm³/mol. The molecule has 154 valence electrons. The molecule has 0 aromatic heterocycles. The van der Waals surface area contributed by atoms with Crippen molar-refractivity contribution in [3.8, 4) is 11.5 Å². The molecule has 2 fully saturated rings. The molecule has 3 aliphatic rings. The largest absolute Gasteiger partial charge is 0.454 e. The van der Waals surface area contributed by atoms with E-state index in [-0.39, 0.29) is 18.7 Å². The zero-order valence-corrected chi connectivity index (χ0v) is 17.0. The molecule has 0 atom stereocenters. The van der Waals surface area contributed by atoms with Crippen LogP contribution in [0.3, 0.4) is 0 Å². The lowest BCUT2D eigenvalue weighted by molar-refractivity contribution is 0.0688. The second-order valence-electron chi connectivity index (χ2n) is 7.55. The van der Waals surface area contributed by atoms with Crippen LogP contribution in [0.5, 0.6) is 11.5 Å². The first kappa shape index (κ1) is 19.5. The van der Waals surface area contributed by atoms with Crippen LogP contribution in [0.4, 0.5) is 0 Å². The second-order valence-corrected chi connectivity index (χ2v) is 9.53. The molecular weight excluding hydrogens is 382 g/mol. The van der Waals surface area contributed by atoms with Crippen molar-refractivity contribution in [2.24, 2.45) is 0 Å². The Balaban J connectivity index is 1.40. The van der Waals surface area contributed by atoms with E-state index in [0.717, 1.165) is 25.7 Å². The maximum atomic E-state index is 13.0. The highest BCUT2D eigenvalue weighted by molar-refractivity contribution is 7.86. The summed E-state index contributed by atoms with van der Waals surface area (Å²) in [7, 11) is -1.81. The van der Waals surface area contributed by atoms with Gasteiger partial charge >= 0.3 is 0 Å². The summed E-state index contributed by atoms with van der Waals surface area (Å²) in [6, 6.07) is 5.34. The number of rotatable bonds is 4. The molecule has 8 nitrogen and oxygen atoms in total. The van der Waals surface area contributed by atoms with E-state index < -0.39 is 10.2 Å². The standard InChI is InChI=1S/C19H27N3O5S/c1-20(15-6-3-2-4-7-15)28(24,25)22-12-10-21(11-13-22)19(23)16-8-5-9-17-18(16)27-14-26-17/h5,8-9,15H,2-4,6-7,10-14H2,1H3. The number of piperazine rings is 1. The lowest BCUT2D eigenvalue weighted by atomic mass is 9.96. The fourth-order valence-electron chi connectivity index (χ4n) is 4.21. The predicted octanol–water partition coefficient (Wildman–Crippen LogP) is 1.68. The van der Waals surface area contributed by atoms with Gasteiger partial charge in [-0.15, -0.1) is 0 Å². The molecule has 2 aliphatic heterocycles. The third kappa shape index (κ3) is 3.58. The van der Waals surface area contributed by atoms with Crippen LogP contribution in [0.25, 0.3) is 0 Å². The second kappa shape index (κ2) is 7.88. The number of carbonyl (C=O) groups is 1. The lowest BCUT2D eigenvalue weighted by Crippen LogP contribution is -2.55. The van der Waals surface area contributed by atoms with Gasteiger partial charge < -0.3 is 14.4 Å². The number of hydrogen-bond acceptors (Lipinski definition) is 5. The molecule has 1 amide bonds. The number of amides is 1. The van der Waals surface area contributed by atoms with Gasteiger partial charge in [0.2, 0.25) is 6.79 Å². The molecule has 0 bridgehead atoms. The Labute approximate surface area is 166 Å². The maximum absolute atomic E-state index is 13.0. The Morgan fingerprint density at radius 1 is 1.07 bits per heavy atom. The van der Waals surface area contributed by atoms with Crippen LogP contribution in [0.1, 0.15) is 42.5 Å². The van der Waals surface area contributed by atoms with Crippen molar-refractivity contribution in [3.05, 3.63) is 23.8 Å². The van der Waals surface area contributed by atoms with Gasteiger partial charge in [-0.05, 0) is 25.0 Å². The number of hydrogen-bond donors (Lipinski definition) is 0. The molecule has 1 aromatic rings. The van der Waals surface area contributed by atoms with Gasteiger partial charge in [0.1, 0.15) is 0 Å². The SMILES string of the molecule is CN(C1CCCCC1)S(=O)(=O)N1CCN(C(=O)c2cccc3c2OCO3)CC1. The van der Waals surface area contributed by atoms with Crippen LogP contribution in [0.15, 0.2) is 18.2 Å². The van der Waals surface area contributed by atoms with Gasteiger partial charge in [-0.2, -0.15) is 17.0 Å². The van der Waals surface area contributed by atoms with Crippen molar-refractivity contribution in [1.29, 1.82) is 0 Å². The summed E-state index contributed by atoms with van der Waals surface area (Å²) >= 11 is 0. The summed E-state index contributed by atoms with van der Waals surface area (Å²) in [4.78, 5) is 14.6. The average Bonchev–Trinajstić information content (AvgIpc) is 3.22. The van der Waals surface area contributed by atoms with Crippen molar-refractivity contribution in [3.63, 3.8) is 0 Å².